The molecule has 0 radical (unpaired) electrons. The Morgan fingerprint density at radius 3 is 3.16 bits per heavy atom. The van der Waals surface area contributed by atoms with E-state index in [1.165, 1.54) is 5.75 Å². The second-order valence-electron chi connectivity index (χ2n) is 4.07. The van der Waals surface area contributed by atoms with Crippen molar-refractivity contribution in [2.45, 2.75) is 11.7 Å². The van der Waals surface area contributed by atoms with Crippen LogP contribution in [0.4, 0.5) is 0 Å². The molecule has 1 N–H and O–H groups in total. The summed E-state index contributed by atoms with van der Waals surface area (Å²) < 4.78 is 0. The number of pyridine rings is 1. The average molecular weight is 292 g/mol. The SMILES string of the molecule is O=C(CC1CSCCS1)NCC#Cc1ccccn1. The molecule has 1 aliphatic heterocycles. The number of carbonyl (C=O) groups is 1. The number of rotatable bonds is 3. The molecule has 0 aromatic carbocycles. The number of aromatic nitrogens is 1. The summed E-state index contributed by atoms with van der Waals surface area (Å²) >= 11 is 3.83. The summed E-state index contributed by atoms with van der Waals surface area (Å²) in [5.74, 6) is 9.37. The van der Waals surface area contributed by atoms with Gasteiger partial charge >= 0.3 is 0 Å². The molecule has 1 amide bonds. The van der Waals surface area contributed by atoms with Crippen molar-refractivity contribution < 1.29 is 4.79 Å². The molecule has 2 rings (SSSR count). The molecule has 100 valence electrons. The zero-order valence-electron chi connectivity index (χ0n) is 10.6. The highest BCUT2D eigenvalue weighted by Crippen LogP contribution is 2.25. The van der Waals surface area contributed by atoms with Gasteiger partial charge in [0.2, 0.25) is 5.91 Å². The van der Waals surface area contributed by atoms with Crippen LogP contribution in [0.15, 0.2) is 24.4 Å². The van der Waals surface area contributed by atoms with Gasteiger partial charge in [0.1, 0.15) is 5.69 Å². The van der Waals surface area contributed by atoms with E-state index in [1.807, 2.05) is 41.7 Å². The van der Waals surface area contributed by atoms with Crippen molar-refractivity contribution in [3.05, 3.63) is 30.1 Å². The highest BCUT2D eigenvalue weighted by atomic mass is 32.2. The molecule has 19 heavy (non-hydrogen) atoms. The van der Waals surface area contributed by atoms with Crippen molar-refractivity contribution in [2.75, 3.05) is 23.8 Å². The second kappa shape index (κ2) is 8.13. The van der Waals surface area contributed by atoms with Crippen LogP contribution in [0.1, 0.15) is 12.1 Å². The van der Waals surface area contributed by atoms with Crippen LogP contribution in [0.25, 0.3) is 0 Å². The fourth-order valence-corrected chi connectivity index (χ4v) is 4.33. The van der Waals surface area contributed by atoms with Gasteiger partial charge in [-0.2, -0.15) is 23.5 Å². The van der Waals surface area contributed by atoms with Crippen molar-refractivity contribution in [2.24, 2.45) is 0 Å². The molecular weight excluding hydrogens is 276 g/mol. The fraction of sp³-hybridized carbons (Fsp3) is 0.429. The molecule has 1 unspecified atom stereocenters. The largest absolute Gasteiger partial charge is 0.345 e. The Labute approximate surface area is 122 Å². The molecule has 1 atom stereocenters. The Morgan fingerprint density at radius 2 is 2.42 bits per heavy atom. The topological polar surface area (TPSA) is 42.0 Å². The number of hydrogen-bond donors (Lipinski definition) is 1. The van der Waals surface area contributed by atoms with Crippen LogP contribution >= 0.6 is 23.5 Å². The van der Waals surface area contributed by atoms with Gasteiger partial charge in [0.15, 0.2) is 0 Å². The minimum Gasteiger partial charge on any atom is -0.345 e. The number of amides is 1. The van der Waals surface area contributed by atoms with E-state index >= 15 is 0 Å². The van der Waals surface area contributed by atoms with Gasteiger partial charge in [-0.05, 0) is 18.1 Å². The molecular formula is C14H16N2OS2. The predicted molar refractivity (Wildman–Crippen MR) is 82.3 cm³/mol. The van der Waals surface area contributed by atoms with E-state index in [4.69, 9.17) is 0 Å². The van der Waals surface area contributed by atoms with E-state index in [0.717, 1.165) is 17.2 Å². The Hall–Kier alpha value is -1.12. The van der Waals surface area contributed by atoms with Gasteiger partial charge in [0.05, 0.1) is 6.54 Å². The molecule has 1 fully saturated rings. The quantitative estimate of drug-likeness (QED) is 0.863. The van der Waals surface area contributed by atoms with E-state index in [1.54, 1.807) is 6.20 Å². The molecule has 5 heteroatoms. The first kappa shape index (κ1) is 14.3. The van der Waals surface area contributed by atoms with Gasteiger partial charge in [-0.3, -0.25) is 4.79 Å². The molecule has 3 nitrogen and oxygen atoms in total. The van der Waals surface area contributed by atoms with Crippen molar-refractivity contribution in [1.82, 2.24) is 10.3 Å². The van der Waals surface area contributed by atoms with E-state index in [9.17, 15) is 4.79 Å². The zero-order valence-corrected chi connectivity index (χ0v) is 12.2. The smallest absolute Gasteiger partial charge is 0.221 e. The highest BCUT2D eigenvalue weighted by Gasteiger charge is 2.17. The molecule has 1 aromatic heterocycles. The summed E-state index contributed by atoms with van der Waals surface area (Å²) in [5, 5.41) is 3.30. The highest BCUT2D eigenvalue weighted by molar-refractivity contribution is 8.06. The van der Waals surface area contributed by atoms with Crippen molar-refractivity contribution in [3.8, 4) is 11.8 Å². The lowest BCUT2D eigenvalue weighted by Crippen LogP contribution is -2.28. The first-order chi connectivity index (χ1) is 9.34. The van der Waals surface area contributed by atoms with E-state index in [2.05, 4.69) is 22.1 Å². The molecule has 0 saturated carbocycles. The number of carbonyl (C=O) groups excluding carboxylic acids is 1. The number of nitrogens with zero attached hydrogens (tertiary/aromatic N) is 1. The molecule has 2 heterocycles. The third kappa shape index (κ3) is 5.58. The van der Waals surface area contributed by atoms with Gasteiger partial charge in [-0.1, -0.05) is 12.0 Å². The van der Waals surface area contributed by atoms with Gasteiger partial charge in [0, 0.05) is 35.1 Å². The normalized spacial score (nSPS) is 18.2. The number of thioether (sulfide) groups is 2. The number of nitrogens with one attached hydrogen (secondary N) is 1. The lowest BCUT2D eigenvalue weighted by atomic mass is 10.3. The van der Waals surface area contributed by atoms with Crippen LogP contribution in [-0.2, 0) is 4.79 Å². The van der Waals surface area contributed by atoms with E-state index in [0.29, 0.717) is 18.2 Å². The second-order valence-corrected chi connectivity index (χ2v) is 6.62. The summed E-state index contributed by atoms with van der Waals surface area (Å²) in [6.07, 6.45) is 2.31. The van der Waals surface area contributed by atoms with E-state index < -0.39 is 0 Å². The third-order valence-electron chi connectivity index (χ3n) is 2.55. The molecule has 0 aliphatic carbocycles. The maximum atomic E-state index is 11.7. The Bertz CT molecular complexity index is 461. The Kier molecular flexibility index (Phi) is 6.12. The number of hydrogen-bond acceptors (Lipinski definition) is 4. The standard InChI is InChI=1S/C14H16N2OS2/c17-14(10-13-11-18-8-9-19-13)16-7-3-5-12-4-1-2-6-15-12/h1-2,4,6,13H,7-11H2,(H,16,17). The molecule has 1 aromatic rings. The van der Waals surface area contributed by atoms with Crippen LogP contribution < -0.4 is 5.32 Å². The molecule has 0 spiro atoms. The summed E-state index contributed by atoms with van der Waals surface area (Å²) in [4.78, 5) is 15.8. The maximum absolute atomic E-state index is 11.7. The van der Waals surface area contributed by atoms with Crippen LogP contribution in [-0.4, -0.2) is 39.9 Å². The summed E-state index contributed by atoms with van der Waals surface area (Å²) in [7, 11) is 0. The van der Waals surface area contributed by atoms with Gasteiger partial charge in [-0.25, -0.2) is 4.98 Å². The maximum Gasteiger partial charge on any atom is 0.221 e. The predicted octanol–water partition coefficient (Wildman–Crippen LogP) is 1.79. The lowest BCUT2D eigenvalue weighted by Gasteiger charge is -2.19. The van der Waals surface area contributed by atoms with Gasteiger partial charge < -0.3 is 5.32 Å². The summed E-state index contributed by atoms with van der Waals surface area (Å²) in [6.45, 7) is 0.389. The van der Waals surface area contributed by atoms with Crippen molar-refractivity contribution in [3.63, 3.8) is 0 Å². The Morgan fingerprint density at radius 1 is 1.47 bits per heavy atom. The zero-order chi connectivity index (χ0) is 13.3. The monoisotopic (exact) mass is 292 g/mol. The first-order valence-corrected chi connectivity index (χ1v) is 8.41. The van der Waals surface area contributed by atoms with Crippen molar-refractivity contribution >= 4 is 29.4 Å². The summed E-state index contributed by atoms with van der Waals surface area (Å²) in [6, 6.07) is 5.60. The molecule has 0 bridgehead atoms. The van der Waals surface area contributed by atoms with Crippen LogP contribution in [0, 0.1) is 11.8 Å². The minimum absolute atomic E-state index is 0.0929. The first-order valence-electron chi connectivity index (χ1n) is 6.20. The fourth-order valence-electron chi connectivity index (χ4n) is 1.65. The van der Waals surface area contributed by atoms with E-state index in [-0.39, 0.29) is 5.91 Å². The average Bonchev–Trinajstić information content (AvgIpc) is 2.46. The van der Waals surface area contributed by atoms with Gasteiger partial charge in [-0.15, -0.1) is 0 Å². The van der Waals surface area contributed by atoms with Crippen LogP contribution in [0.2, 0.25) is 0 Å². The van der Waals surface area contributed by atoms with Crippen LogP contribution in [0.3, 0.4) is 0 Å². The summed E-state index contributed by atoms with van der Waals surface area (Å²) in [5.41, 5.74) is 0.732. The van der Waals surface area contributed by atoms with Crippen molar-refractivity contribution in [1.29, 1.82) is 0 Å². The molecule has 1 saturated heterocycles. The lowest BCUT2D eigenvalue weighted by molar-refractivity contribution is -0.120. The third-order valence-corrected chi connectivity index (χ3v) is 5.40. The Balaban J connectivity index is 1.68. The van der Waals surface area contributed by atoms with Gasteiger partial charge in [0.25, 0.3) is 0 Å². The minimum atomic E-state index is 0.0929. The van der Waals surface area contributed by atoms with Crippen LogP contribution in [0.5, 0.6) is 0 Å². The molecule has 1 aliphatic rings.